The third-order valence-corrected chi connectivity index (χ3v) is 5.00. The molecule has 19 heavy (non-hydrogen) atoms. The van der Waals surface area contributed by atoms with Crippen molar-refractivity contribution in [3.63, 3.8) is 0 Å². The van der Waals surface area contributed by atoms with Gasteiger partial charge in [0.05, 0.1) is 17.4 Å². The number of thioether (sulfide) groups is 1. The van der Waals surface area contributed by atoms with Gasteiger partial charge in [0.1, 0.15) is 0 Å². The van der Waals surface area contributed by atoms with E-state index < -0.39 is 0 Å². The highest BCUT2D eigenvalue weighted by Crippen LogP contribution is 2.32. The molecule has 1 aliphatic rings. The molecule has 0 amide bonds. The van der Waals surface area contributed by atoms with E-state index in [1.165, 1.54) is 25.7 Å². The SMILES string of the molecule is CC1CCCC(SCC(=O)c2ccc(C#N)cc2)C1. The Kier molecular flexibility index (Phi) is 5.04. The van der Waals surface area contributed by atoms with Crippen LogP contribution in [0.25, 0.3) is 0 Å². The van der Waals surface area contributed by atoms with Crippen molar-refractivity contribution in [3.05, 3.63) is 35.4 Å². The summed E-state index contributed by atoms with van der Waals surface area (Å²) in [4.78, 5) is 12.1. The average Bonchev–Trinajstić information content (AvgIpc) is 2.45. The van der Waals surface area contributed by atoms with E-state index in [4.69, 9.17) is 5.26 Å². The number of nitriles is 1. The molecule has 0 saturated heterocycles. The van der Waals surface area contributed by atoms with Crippen LogP contribution >= 0.6 is 11.8 Å². The van der Waals surface area contributed by atoms with Crippen molar-refractivity contribution < 1.29 is 4.79 Å². The Morgan fingerprint density at radius 1 is 1.37 bits per heavy atom. The fourth-order valence-corrected chi connectivity index (χ4v) is 3.89. The van der Waals surface area contributed by atoms with Crippen molar-refractivity contribution >= 4 is 17.5 Å². The lowest BCUT2D eigenvalue weighted by Gasteiger charge is -2.25. The first-order valence-corrected chi connectivity index (χ1v) is 7.89. The van der Waals surface area contributed by atoms with E-state index in [0.717, 1.165) is 11.5 Å². The number of Topliss-reactive ketones (excluding diaryl/α,β-unsaturated/α-hetero) is 1. The van der Waals surface area contributed by atoms with Crippen LogP contribution in [0.15, 0.2) is 24.3 Å². The molecule has 0 bridgehead atoms. The maximum Gasteiger partial charge on any atom is 0.172 e. The third-order valence-electron chi connectivity index (χ3n) is 3.67. The van der Waals surface area contributed by atoms with Crippen LogP contribution in [0, 0.1) is 17.2 Å². The maximum absolute atomic E-state index is 12.1. The topological polar surface area (TPSA) is 40.9 Å². The van der Waals surface area contributed by atoms with Gasteiger partial charge in [0.15, 0.2) is 5.78 Å². The van der Waals surface area contributed by atoms with E-state index in [2.05, 4.69) is 13.0 Å². The molecule has 1 aliphatic carbocycles. The van der Waals surface area contributed by atoms with Gasteiger partial charge in [0.2, 0.25) is 0 Å². The third kappa shape index (κ3) is 4.11. The van der Waals surface area contributed by atoms with Crippen molar-refractivity contribution in [1.82, 2.24) is 0 Å². The van der Waals surface area contributed by atoms with Crippen molar-refractivity contribution in [1.29, 1.82) is 5.26 Å². The highest BCUT2D eigenvalue weighted by molar-refractivity contribution is 8.00. The minimum absolute atomic E-state index is 0.174. The number of rotatable bonds is 4. The van der Waals surface area contributed by atoms with Gasteiger partial charge in [-0.1, -0.05) is 31.9 Å². The summed E-state index contributed by atoms with van der Waals surface area (Å²) in [5, 5.41) is 9.37. The van der Waals surface area contributed by atoms with Crippen molar-refractivity contribution in [2.45, 2.75) is 37.9 Å². The lowest BCUT2D eigenvalue weighted by molar-refractivity contribution is 0.102. The summed E-state index contributed by atoms with van der Waals surface area (Å²) in [7, 11) is 0. The van der Waals surface area contributed by atoms with Gasteiger partial charge in [-0.3, -0.25) is 4.79 Å². The van der Waals surface area contributed by atoms with Crippen LogP contribution in [-0.4, -0.2) is 16.8 Å². The van der Waals surface area contributed by atoms with E-state index in [1.807, 2.05) is 0 Å². The molecule has 0 N–H and O–H groups in total. The summed E-state index contributed by atoms with van der Waals surface area (Å²) >= 11 is 1.80. The van der Waals surface area contributed by atoms with Crippen LogP contribution in [0.1, 0.15) is 48.5 Å². The molecule has 2 nitrogen and oxygen atoms in total. The van der Waals surface area contributed by atoms with Crippen LogP contribution in [0.2, 0.25) is 0 Å². The van der Waals surface area contributed by atoms with Crippen molar-refractivity contribution in [3.8, 4) is 6.07 Å². The molecule has 2 atom stereocenters. The Bertz CT molecular complexity index is 475. The zero-order valence-corrected chi connectivity index (χ0v) is 12.1. The minimum atomic E-state index is 0.174. The summed E-state index contributed by atoms with van der Waals surface area (Å²) in [6, 6.07) is 8.99. The molecule has 2 rings (SSSR count). The zero-order valence-electron chi connectivity index (χ0n) is 11.3. The monoisotopic (exact) mass is 273 g/mol. The Morgan fingerprint density at radius 3 is 2.74 bits per heavy atom. The van der Waals surface area contributed by atoms with Crippen LogP contribution in [0.5, 0.6) is 0 Å². The second kappa shape index (κ2) is 6.77. The van der Waals surface area contributed by atoms with Crippen LogP contribution < -0.4 is 0 Å². The molecule has 1 aromatic rings. The number of ketones is 1. The fraction of sp³-hybridized carbons (Fsp3) is 0.500. The number of carbonyl (C=O) groups is 1. The van der Waals surface area contributed by atoms with Crippen molar-refractivity contribution in [2.75, 3.05) is 5.75 Å². The first kappa shape index (κ1) is 14.1. The molecule has 0 heterocycles. The molecule has 3 heteroatoms. The van der Waals surface area contributed by atoms with Gasteiger partial charge in [-0.2, -0.15) is 17.0 Å². The number of nitrogens with zero attached hydrogens (tertiary/aromatic N) is 1. The largest absolute Gasteiger partial charge is 0.293 e. The minimum Gasteiger partial charge on any atom is -0.293 e. The Balaban J connectivity index is 1.85. The van der Waals surface area contributed by atoms with E-state index in [-0.39, 0.29) is 5.78 Å². The molecule has 100 valence electrons. The van der Waals surface area contributed by atoms with Gasteiger partial charge < -0.3 is 0 Å². The van der Waals surface area contributed by atoms with Gasteiger partial charge in [0.25, 0.3) is 0 Å². The van der Waals surface area contributed by atoms with Crippen molar-refractivity contribution in [2.24, 2.45) is 5.92 Å². The molecule has 1 saturated carbocycles. The maximum atomic E-state index is 12.1. The smallest absolute Gasteiger partial charge is 0.172 e. The van der Waals surface area contributed by atoms with Gasteiger partial charge >= 0.3 is 0 Å². The summed E-state index contributed by atoms with van der Waals surface area (Å²) in [5.41, 5.74) is 1.32. The van der Waals surface area contributed by atoms with Gasteiger partial charge in [-0.15, -0.1) is 0 Å². The molecule has 0 radical (unpaired) electrons. The highest BCUT2D eigenvalue weighted by atomic mass is 32.2. The van der Waals surface area contributed by atoms with Crippen LogP contribution in [-0.2, 0) is 0 Å². The first-order chi connectivity index (χ1) is 9.19. The molecule has 1 fully saturated rings. The molecule has 0 aliphatic heterocycles. The number of hydrogen-bond donors (Lipinski definition) is 0. The quantitative estimate of drug-likeness (QED) is 0.777. The van der Waals surface area contributed by atoms with Gasteiger partial charge in [0, 0.05) is 10.8 Å². The molecular weight excluding hydrogens is 254 g/mol. The average molecular weight is 273 g/mol. The van der Waals surface area contributed by atoms with Gasteiger partial charge in [-0.25, -0.2) is 0 Å². The van der Waals surface area contributed by atoms with E-state index >= 15 is 0 Å². The van der Waals surface area contributed by atoms with E-state index in [0.29, 0.717) is 16.6 Å². The molecule has 1 aromatic carbocycles. The molecule has 2 unspecified atom stereocenters. The second-order valence-corrected chi connectivity index (χ2v) is 6.61. The lowest BCUT2D eigenvalue weighted by Crippen LogP contribution is -2.17. The standard InChI is InChI=1S/C16H19NOS/c1-12-3-2-4-15(9-12)19-11-16(18)14-7-5-13(10-17)6-8-14/h5-8,12,15H,2-4,9,11H2,1H3. The summed E-state index contributed by atoms with van der Waals surface area (Å²) < 4.78 is 0. The first-order valence-electron chi connectivity index (χ1n) is 6.84. The van der Waals surface area contributed by atoms with E-state index in [1.54, 1.807) is 36.0 Å². The summed E-state index contributed by atoms with van der Waals surface area (Å²) in [6.45, 7) is 2.30. The van der Waals surface area contributed by atoms with Gasteiger partial charge in [-0.05, 0) is 30.9 Å². The Hall–Kier alpha value is -1.27. The van der Waals surface area contributed by atoms with E-state index in [9.17, 15) is 4.79 Å². The van der Waals surface area contributed by atoms with Crippen LogP contribution in [0.3, 0.4) is 0 Å². The molecule has 0 aromatic heterocycles. The zero-order chi connectivity index (χ0) is 13.7. The summed E-state index contributed by atoms with van der Waals surface area (Å²) in [5.74, 6) is 1.53. The fourth-order valence-electron chi connectivity index (χ4n) is 2.54. The molecule has 0 spiro atoms. The Morgan fingerprint density at radius 2 is 2.11 bits per heavy atom. The second-order valence-electron chi connectivity index (χ2n) is 5.32. The molecular formula is C16H19NOS. The normalized spacial score (nSPS) is 22.7. The predicted octanol–water partition coefficient (Wildman–Crippen LogP) is 4.05. The number of benzene rings is 1. The number of carbonyl (C=O) groups excluding carboxylic acids is 1. The Labute approximate surface area is 119 Å². The number of hydrogen-bond acceptors (Lipinski definition) is 3. The summed E-state index contributed by atoms with van der Waals surface area (Å²) in [6.07, 6.45) is 5.12. The highest BCUT2D eigenvalue weighted by Gasteiger charge is 2.20. The van der Waals surface area contributed by atoms with Crippen LogP contribution in [0.4, 0.5) is 0 Å². The lowest BCUT2D eigenvalue weighted by atomic mass is 9.91. The predicted molar refractivity (Wildman–Crippen MR) is 79.4 cm³/mol.